The largest absolute Gasteiger partial charge is 0.481 e. The number of carboxylic acids is 2. The molecular weight excluding hydrogens is 270 g/mol. The third kappa shape index (κ3) is 2.35. The predicted octanol–water partition coefficient (Wildman–Crippen LogP) is 2.74. The smallest absolute Gasteiger partial charge is 0.324 e. The van der Waals surface area contributed by atoms with Crippen molar-refractivity contribution in [2.75, 3.05) is 0 Å². The Hall–Kier alpha value is -1.10. The summed E-state index contributed by atoms with van der Waals surface area (Å²) in [7, 11) is 0. The average Bonchev–Trinajstić information content (AvgIpc) is 2.34. The van der Waals surface area contributed by atoms with Crippen LogP contribution in [0.25, 0.3) is 0 Å². The molecule has 0 aromatic rings. The highest BCUT2D eigenvalue weighted by Gasteiger charge is 2.64. The molecule has 122 valence electrons. The van der Waals surface area contributed by atoms with Crippen molar-refractivity contribution in [3.05, 3.63) is 0 Å². The minimum atomic E-state index is -1.17. The molecule has 5 nitrogen and oxygen atoms in total. The molecule has 3 N–H and O–H groups in total. The lowest BCUT2D eigenvalue weighted by atomic mass is 9.50. The SMILES string of the molecule is CCC1(C)CC(C)(C)C(C)(C(=O)O)NC1(C)C(C)C(=O)O. The van der Waals surface area contributed by atoms with E-state index in [2.05, 4.69) is 12.2 Å². The molecule has 0 spiro atoms. The van der Waals surface area contributed by atoms with Crippen LogP contribution in [-0.4, -0.2) is 33.2 Å². The summed E-state index contributed by atoms with van der Waals surface area (Å²) in [6, 6.07) is 0. The van der Waals surface area contributed by atoms with Gasteiger partial charge in [0, 0.05) is 5.54 Å². The Bertz CT molecular complexity index is 461. The maximum atomic E-state index is 11.9. The number of rotatable bonds is 4. The minimum Gasteiger partial charge on any atom is -0.481 e. The van der Waals surface area contributed by atoms with Gasteiger partial charge in [0.05, 0.1) is 5.92 Å². The Balaban J connectivity index is 3.48. The van der Waals surface area contributed by atoms with Crippen molar-refractivity contribution >= 4 is 11.9 Å². The number of nitrogens with one attached hydrogen (secondary N) is 1. The van der Waals surface area contributed by atoms with E-state index in [1.165, 1.54) is 0 Å². The quantitative estimate of drug-likeness (QED) is 0.743. The molecule has 4 unspecified atom stereocenters. The first kappa shape index (κ1) is 18.0. The molecule has 0 aromatic heterocycles. The van der Waals surface area contributed by atoms with E-state index >= 15 is 0 Å². The number of hydrogen-bond acceptors (Lipinski definition) is 3. The molecule has 4 atom stereocenters. The highest BCUT2D eigenvalue weighted by Crippen LogP contribution is 2.56. The van der Waals surface area contributed by atoms with Crippen molar-refractivity contribution in [1.29, 1.82) is 0 Å². The second-order valence-corrected chi connectivity index (χ2v) is 7.79. The van der Waals surface area contributed by atoms with E-state index in [4.69, 9.17) is 0 Å². The second-order valence-electron chi connectivity index (χ2n) is 7.79. The van der Waals surface area contributed by atoms with E-state index in [0.29, 0.717) is 6.42 Å². The highest BCUT2D eigenvalue weighted by molar-refractivity contribution is 5.80. The van der Waals surface area contributed by atoms with Gasteiger partial charge in [-0.05, 0) is 37.5 Å². The first-order valence-electron chi connectivity index (χ1n) is 7.53. The molecule has 0 radical (unpaired) electrons. The fourth-order valence-corrected chi connectivity index (χ4v) is 3.89. The summed E-state index contributed by atoms with van der Waals surface area (Å²) in [6.07, 6.45) is 1.44. The van der Waals surface area contributed by atoms with E-state index in [0.717, 1.165) is 6.42 Å². The molecule has 0 amide bonds. The fraction of sp³-hybridized carbons (Fsp3) is 0.875. The van der Waals surface area contributed by atoms with Gasteiger partial charge in [0.1, 0.15) is 5.54 Å². The van der Waals surface area contributed by atoms with E-state index in [9.17, 15) is 19.8 Å². The number of aliphatic carboxylic acids is 2. The standard InChI is InChI=1S/C16H29NO4/c1-8-14(5)9-13(3,4)16(7,12(20)21)17-15(14,6)10(2)11(18)19/h10,17H,8-9H2,1-7H3,(H,18,19)(H,20,21). The van der Waals surface area contributed by atoms with Crippen LogP contribution in [0.4, 0.5) is 0 Å². The molecule has 1 heterocycles. The summed E-state index contributed by atoms with van der Waals surface area (Å²) >= 11 is 0. The summed E-state index contributed by atoms with van der Waals surface area (Å²) in [5, 5.41) is 22.4. The third-order valence-electron chi connectivity index (χ3n) is 6.39. The van der Waals surface area contributed by atoms with Gasteiger partial charge >= 0.3 is 11.9 Å². The Morgan fingerprint density at radius 1 is 1.14 bits per heavy atom. The second kappa shape index (κ2) is 4.97. The lowest BCUT2D eigenvalue weighted by Gasteiger charge is -2.63. The van der Waals surface area contributed by atoms with Crippen molar-refractivity contribution < 1.29 is 19.8 Å². The van der Waals surface area contributed by atoms with Crippen molar-refractivity contribution in [1.82, 2.24) is 5.32 Å². The molecule has 1 saturated heterocycles. The Kier molecular flexibility index (Phi) is 4.25. The molecule has 1 aliphatic heterocycles. The van der Waals surface area contributed by atoms with Crippen LogP contribution in [0, 0.1) is 16.7 Å². The van der Waals surface area contributed by atoms with Crippen molar-refractivity contribution in [3.63, 3.8) is 0 Å². The average molecular weight is 299 g/mol. The van der Waals surface area contributed by atoms with Gasteiger partial charge in [0.15, 0.2) is 0 Å². The van der Waals surface area contributed by atoms with Crippen LogP contribution in [0.15, 0.2) is 0 Å². The summed E-state index contributed by atoms with van der Waals surface area (Å²) in [4.78, 5) is 23.4. The summed E-state index contributed by atoms with van der Waals surface area (Å²) in [5.74, 6) is -2.52. The number of carboxylic acid groups (broad SMARTS) is 2. The van der Waals surface area contributed by atoms with Gasteiger partial charge in [-0.3, -0.25) is 14.9 Å². The lowest BCUT2D eigenvalue weighted by Crippen LogP contribution is -2.77. The van der Waals surface area contributed by atoms with E-state index in [-0.39, 0.29) is 5.41 Å². The highest BCUT2D eigenvalue weighted by atomic mass is 16.4. The summed E-state index contributed by atoms with van der Waals surface area (Å²) in [6.45, 7) is 13.1. The van der Waals surface area contributed by atoms with E-state index in [1.54, 1.807) is 13.8 Å². The first-order valence-corrected chi connectivity index (χ1v) is 7.53. The van der Waals surface area contributed by atoms with Crippen LogP contribution < -0.4 is 5.32 Å². The molecule has 0 aromatic carbocycles. The molecule has 0 aliphatic carbocycles. The molecule has 1 aliphatic rings. The van der Waals surface area contributed by atoms with Crippen LogP contribution in [0.1, 0.15) is 61.3 Å². The predicted molar refractivity (Wildman–Crippen MR) is 81.2 cm³/mol. The summed E-state index contributed by atoms with van der Waals surface area (Å²) < 4.78 is 0. The van der Waals surface area contributed by atoms with Gasteiger partial charge in [-0.25, -0.2) is 0 Å². The van der Waals surface area contributed by atoms with E-state index in [1.807, 2.05) is 27.7 Å². The maximum absolute atomic E-state index is 11.9. The van der Waals surface area contributed by atoms with Crippen LogP contribution in [0.3, 0.4) is 0 Å². The zero-order chi connectivity index (χ0) is 16.9. The molecule has 21 heavy (non-hydrogen) atoms. The lowest BCUT2D eigenvalue weighted by molar-refractivity contribution is -0.171. The Morgan fingerprint density at radius 3 is 1.95 bits per heavy atom. The number of carbonyl (C=O) groups is 2. The monoisotopic (exact) mass is 299 g/mol. The van der Waals surface area contributed by atoms with Gasteiger partial charge in [0.25, 0.3) is 0 Å². The Morgan fingerprint density at radius 2 is 1.62 bits per heavy atom. The van der Waals surface area contributed by atoms with Crippen molar-refractivity contribution in [3.8, 4) is 0 Å². The Labute approximate surface area is 127 Å². The molecule has 0 bridgehead atoms. The molecule has 1 fully saturated rings. The third-order valence-corrected chi connectivity index (χ3v) is 6.39. The normalized spacial score (nSPS) is 40.5. The van der Waals surface area contributed by atoms with Crippen molar-refractivity contribution in [2.24, 2.45) is 16.7 Å². The van der Waals surface area contributed by atoms with Crippen LogP contribution in [0.5, 0.6) is 0 Å². The maximum Gasteiger partial charge on any atom is 0.324 e. The topological polar surface area (TPSA) is 86.6 Å². The zero-order valence-electron chi connectivity index (χ0n) is 14.2. The minimum absolute atomic E-state index is 0.302. The summed E-state index contributed by atoms with van der Waals surface area (Å²) in [5.41, 5.74) is -2.75. The van der Waals surface area contributed by atoms with Crippen molar-refractivity contribution in [2.45, 2.75) is 72.4 Å². The van der Waals surface area contributed by atoms with Crippen LogP contribution >= 0.6 is 0 Å². The number of piperidine rings is 1. The van der Waals surface area contributed by atoms with Gasteiger partial charge in [-0.15, -0.1) is 0 Å². The molecule has 1 rings (SSSR count). The van der Waals surface area contributed by atoms with Gasteiger partial charge in [-0.2, -0.15) is 0 Å². The fourth-order valence-electron chi connectivity index (χ4n) is 3.89. The number of hydrogen-bond donors (Lipinski definition) is 3. The van der Waals surface area contributed by atoms with Crippen LogP contribution in [-0.2, 0) is 9.59 Å². The zero-order valence-corrected chi connectivity index (χ0v) is 14.2. The van der Waals surface area contributed by atoms with E-state index < -0.39 is 34.3 Å². The van der Waals surface area contributed by atoms with Gasteiger partial charge < -0.3 is 10.2 Å². The molecule has 5 heteroatoms. The van der Waals surface area contributed by atoms with Gasteiger partial charge in [-0.1, -0.05) is 34.6 Å². The molecular formula is C16H29NO4. The van der Waals surface area contributed by atoms with Gasteiger partial charge in [0.2, 0.25) is 0 Å². The first-order chi connectivity index (χ1) is 9.27. The van der Waals surface area contributed by atoms with Crippen LogP contribution in [0.2, 0.25) is 0 Å². The molecule has 0 saturated carbocycles.